The van der Waals surface area contributed by atoms with Gasteiger partial charge >= 0.3 is 5.97 Å². The van der Waals surface area contributed by atoms with Crippen molar-refractivity contribution in [3.63, 3.8) is 0 Å². The van der Waals surface area contributed by atoms with E-state index in [0.29, 0.717) is 23.7 Å². The number of carbonyl (C=O) groups is 1. The molecule has 35 heavy (non-hydrogen) atoms. The van der Waals surface area contributed by atoms with Gasteiger partial charge in [0.25, 0.3) is 5.82 Å². The second-order valence-electron chi connectivity index (χ2n) is 11.1. The first kappa shape index (κ1) is 23.9. The van der Waals surface area contributed by atoms with Gasteiger partial charge in [0.15, 0.2) is 11.0 Å². The number of carbonyl (C=O) groups excluding carboxylic acids is 1. The number of methoxy groups -OCH3 is 1. The van der Waals surface area contributed by atoms with Crippen molar-refractivity contribution in [1.29, 1.82) is 0 Å². The lowest BCUT2D eigenvalue weighted by Gasteiger charge is -2.37. The molecule has 3 aromatic rings. The normalized spacial score (nSPS) is 23.4. The number of nitrogens with zero attached hydrogens (tertiary/aromatic N) is 2. The van der Waals surface area contributed by atoms with E-state index >= 15 is 0 Å². The van der Waals surface area contributed by atoms with Gasteiger partial charge in [0.1, 0.15) is 11.9 Å². The fraction of sp³-hybridized carbons (Fsp3) is 0.533. The fourth-order valence-corrected chi connectivity index (χ4v) is 6.09. The standard InChI is InChI=1S/C30H39N2O3/c1-19(2)24-17-10-20(3)18-27(24)35-30(33)28(21-11-12-21)32-26-9-7-6-8-25(26)31(4)29(32)22-13-15-23(34-5)16-14-22/h6-9,13-16,19-21,24,27-28H,10-12,17-18H2,1-5H3/q+1/t20-,24+,27-,28-/m1/s1. The maximum Gasteiger partial charge on any atom is 0.352 e. The largest absolute Gasteiger partial charge is 0.497 e. The third-order valence-corrected chi connectivity index (χ3v) is 8.21. The predicted molar refractivity (Wildman–Crippen MR) is 138 cm³/mol. The Morgan fingerprint density at radius 1 is 1.03 bits per heavy atom. The SMILES string of the molecule is COc1ccc(-c2n([C@@H](C(=O)O[C@@H]3C[C@H](C)CC[C@H]3C(C)C)C3CC3)c3ccccc3[n+]2C)cc1. The zero-order valence-corrected chi connectivity index (χ0v) is 21.7. The second-order valence-corrected chi connectivity index (χ2v) is 11.1. The van der Waals surface area contributed by atoms with Crippen molar-refractivity contribution in [2.24, 2.45) is 30.7 Å². The van der Waals surface area contributed by atoms with Crippen LogP contribution in [0.15, 0.2) is 48.5 Å². The molecule has 0 unspecified atom stereocenters. The number of hydrogen-bond donors (Lipinski definition) is 0. The summed E-state index contributed by atoms with van der Waals surface area (Å²) in [6.45, 7) is 6.82. The second kappa shape index (κ2) is 9.67. The maximum atomic E-state index is 14.0. The molecule has 0 radical (unpaired) electrons. The van der Waals surface area contributed by atoms with E-state index in [1.807, 2.05) is 12.1 Å². The van der Waals surface area contributed by atoms with Crippen LogP contribution in [0.1, 0.15) is 58.9 Å². The zero-order valence-electron chi connectivity index (χ0n) is 21.7. The predicted octanol–water partition coefficient (Wildman–Crippen LogP) is 6.10. The van der Waals surface area contributed by atoms with E-state index in [4.69, 9.17) is 9.47 Å². The molecule has 186 valence electrons. The van der Waals surface area contributed by atoms with E-state index in [9.17, 15) is 4.79 Å². The Bertz CT molecular complexity index is 1190. The molecule has 4 atom stereocenters. The highest BCUT2D eigenvalue weighted by molar-refractivity contribution is 5.82. The summed E-state index contributed by atoms with van der Waals surface area (Å²) < 4.78 is 16.3. The Kier molecular flexibility index (Phi) is 6.61. The Morgan fingerprint density at radius 3 is 2.40 bits per heavy atom. The van der Waals surface area contributed by atoms with Crippen LogP contribution in [0.4, 0.5) is 0 Å². The summed E-state index contributed by atoms with van der Waals surface area (Å²) >= 11 is 0. The van der Waals surface area contributed by atoms with Crippen molar-refractivity contribution in [2.45, 2.75) is 65.0 Å². The van der Waals surface area contributed by atoms with Crippen LogP contribution < -0.4 is 9.30 Å². The van der Waals surface area contributed by atoms with Gasteiger partial charge in [0.2, 0.25) is 6.04 Å². The molecule has 0 bridgehead atoms. The smallest absolute Gasteiger partial charge is 0.352 e. The molecule has 0 saturated heterocycles. The van der Waals surface area contributed by atoms with Crippen LogP contribution in [0, 0.1) is 23.7 Å². The van der Waals surface area contributed by atoms with Crippen LogP contribution in [-0.4, -0.2) is 23.8 Å². The topological polar surface area (TPSA) is 44.3 Å². The average Bonchev–Trinajstić information content (AvgIpc) is 3.64. The first-order valence-electron chi connectivity index (χ1n) is 13.2. The van der Waals surface area contributed by atoms with Gasteiger partial charge in [-0.2, -0.15) is 0 Å². The minimum absolute atomic E-state index is 0.00696. The average molecular weight is 476 g/mol. The van der Waals surface area contributed by atoms with Crippen molar-refractivity contribution >= 4 is 17.0 Å². The van der Waals surface area contributed by atoms with Gasteiger partial charge in [0.05, 0.1) is 19.7 Å². The summed E-state index contributed by atoms with van der Waals surface area (Å²) in [5, 5.41) is 0. The molecule has 1 aromatic heterocycles. The van der Waals surface area contributed by atoms with Gasteiger partial charge in [-0.1, -0.05) is 39.3 Å². The van der Waals surface area contributed by atoms with Gasteiger partial charge in [-0.05, 0) is 79.8 Å². The van der Waals surface area contributed by atoms with Crippen LogP contribution in [0.3, 0.4) is 0 Å². The molecule has 5 nitrogen and oxygen atoms in total. The number of ether oxygens (including phenoxy) is 2. The van der Waals surface area contributed by atoms with E-state index < -0.39 is 0 Å². The third-order valence-electron chi connectivity index (χ3n) is 8.21. The quantitative estimate of drug-likeness (QED) is 0.306. The van der Waals surface area contributed by atoms with Gasteiger partial charge in [-0.25, -0.2) is 13.9 Å². The summed E-state index contributed by atoms with van der Waals surface area (Å²) in [5.41, 5.74) is 3.25. The summed E-state index contributed by atoms with van der Waals surface area (Å²) in [5.74, 6) is 3.65. The molecular weight excluding hydrogens is 436 g/mol. The molecule has 1 heterocycles. The molecule has 2 aromatic carbocycles. The van der Waals surface area contributed by atoms with Gasteiger partial charge in [0, 0.05) is 5.92 Å². The zero-order chi connectivity index (χ0) is 24.7. The number of para-hydroxylation sites is 2. The van der Waals surface area contributed by atoms with Gasteiger partial charge in [-0.15, -0.1) is 0 Å². The number of fused-ring (bicyclic) bond motifs is 1. The highest BCUT2D eigenvalue weighted by Crippen LogP contribution is 2.45. The molecule has 0 amide bonds. The lowest BCUT2D eigenvalue weighted by molar-refractivity contribution is -0.634. The first-order valence-corrected chi connectivity index (χ1v) is 13.2. The lowest BCUT2D eigenvalue weighted by atomic mass is 9.75. The van der Waals surface area contributed by atoms with E-state index in [0.717, 1.165) is 53.9 Å². The van der Waals surface area contributed by atoms with Crippen LogP contribution in [0.25, 0.3) is 22.4 Å². The molecule has 2 saturated carbocycles. The number of esters is 1. The lowest BCUT2D eigenvalue weighted by Crippen LogP contribution is -2.39. The van der Waals surface area contributed by atoms with Crippen LogP contribution in [-0.2, 0) is 16.6 Å². The molecule has 2 aliphatic carbocycles. The van der Waals surface area contributed by atoms with Crippen molar-refractivity contribution < 1.29 is 18.8 Å². The Balaban J connectivity index is 1.58. The van der Waals surface area contributed by atoms with Crippen molar-refractivity contribution in [3.05, 3.63) is 48.5 Å². The van der Waals surface area contributed by atoms with Gasteiger partial charge < -0.3 is 9.47 Å². The van der Waals surface area contributed by atoms with Crippen LogP contribution in [0.2, 0.25) is 0 Å². The minimum Gasteiger partial charge on any atom is -0.497 e. The van der Waals surface area contributed by atoms with E-state index in [1.54, 1.807) is 7.11 Å². The van der Waals surface area contributed by atoms with E-state index in [2.05, 4.69) is 73.4 Å². The van der Waals surface area contributed by atoms with Crippen molar-refractivity contribution in [3.8, 4) is 17.1 Å². The first-order chi connectivity index (χ1) is 16.9. The Labute approximate surface area is 209 Å². The monoisotopic (exact) mass is 475 g/mol. The van der Waals surface area contributed by atoms with Gasteiger partial charge in [-0.3, -0.25) is 0 Å². The fourth-order valence-electron chi connectivity index (χ4n) is 6.09. The van der Waals surface area contributed by atoms with Crippen molar-refractivity contribution in [2.75, 3.05) is 7.11 Å². The number of benzene rings is 2. The van der Waals surface area contributed by atoms with Crippen LogP contribution in [0.5, 0.6) is 5.75 Å². The molecule has 0 aliphatic heterocycles. The summed E-state index contributed by atoms with van der Waals surface area (Å²) in [7, 11) is 3.77. The number of imidazole rings is 1. The number of aryl methyl sites for hydroxylation is 1. The number of hydrogen-bond acceptors (Lipinski definition) is 3. The Hall–Kier alpha value is -2.82. The molecule has 2 fully saturated rings. The molecule has 5 rings (SSSR count). The highest BCUT2D eigenvalue weighted by atomic mass is 16.5. The molecular formula is C30H39N2O3+. The van der Waals surface area contributed by atoms with Crippen molar-refractivity contribution in [1.82, 2.24) is 4.57 Å². The maximum absolute atomic E-state index is 14.0. The van der Waals surface area contributed by atoms with E-state index in [1.165, 1.54) is 6.42 Å². The highest BCUT2D eigenvalue weighted by Gasteiger charge is 2.47. The summed E-state index contributed by atoms with van der Waals surface area (Å²) in [6, 6.07) is 16.2. The number of aromatic nitrogens is 2. The molecule has 0 spiro atoms. The molecule has 2 aliphatic rings. The van der Waals surface area contributed by atoms with Crippen LogP contribution >= 0.6 is 0 Å². The number of rotatable bonds is 7. The summed E-state index contributed by atoms with van der Waals surface area (Å²) in [4.78, 5) is 14.0. The minimum atomic E-state index is -0.316. The molecule has 0 N–H and O–H groups in total. The Morgan fingerprint density at radius 2 is 1.74 bits per heavy atom. The third kappa shape index (κ3) is 4.57. The summed E-state index contributed by atoms with van der Waals surface area (Å²) in [6.07, 6.45) is 5.47. The van der Waals surface area contributed by atoms with E-state index in [-0.39, 0.29) is 18.1 Å². The molecule has 5 heteroatoms.